The summed E-state index contributed by atoms with van der Waals surface area (Å²) < 4.78 is 0. The van der Waals surface area contributed by atoms with Crippen molar-refractivity contribution in [1.82, 2.24) is 4.98 Å². The zero-order valence-electron chi connectivity index (χ0n) is 6.91. The van der Waals surface area contributed by atoms with Crippen molar-refractivity contribution in [3.8, 4) is 0 Å². The molecular weight excluding hydrogens is 189 g/mol. The maximum absolute atomic E-state index is 9.00. The molecule has 0 unspecified atom stereocenters. The topological polar surface area (TPSA) is 50.2 Å². The van der Waals surface area contributed by atoms with Crippen molar-refractivity contribution in [2.24, 2.45) is 0 Å². The quantitative estimate of drug-likeness (QED) is 0.316. The summed E-state index contributed by atoms with van der Waals surface area (Å²) >= 11 is 5.37. The third kappa shape index (κ3) is 12.6. The Hall–Kier alpha value is -0.0900. The number of carboxylic acids is 1. The molecule has 1 N–H and O–H groups in total. The Morgan fingerprint density at radius 1 is 1.75 bits per heavy atom. The van der Waals surface area contributed by atoms with Crippen LogP contribution in [0.15, 0.2) is 18.3 Å². The molecule has 0 atom stereocenters. The Balaban J connectivity index is 0. The smallest absolute Gasteiger partial charge is 0.481 e. The normalized spacial score (nSPS) is 7.17. The molecule has 5 heteroatoms. The number of pyridine rings is 1. The van der Waals surface area contributed by atoms with Crippen molar-refractivity contribution < 1.29 is 39.5 Å². The minimum Gasteiger partial charge on any atom is -0.481 e. The van der Waals surface area contributed by atoms with E-state index in [2.05, 4.69) is 11.1 Å². The third-order valence-electron chi connectivity index (χ3n) is 0.573. The van der Waals surface area contributed by atoms with Crippen LogP contribution in [0.5, 0.6) is 0 Å². The van der Waals surface area contributed by atoms with E-state index < -0.39 is 5.97 Å². The minimum atomic E-state index is -0.833. The Kier molecular flexibility index (Phi) is 10.8. The van der Waals surface area contributed by atoms with Gasteiger partial charge in [-0.05, 0) is 0 Å². The standard InChI is InChI=1S/C5H3ClN.C2H4O2.Na/c6-5-3-1-2-4-7-5;1-2(3)4;/h1-2,4H;1H3,(H,3,4);/q-1;;+1. The molecule has 0 bridgehead atoms. The average Bonchev–Trinajstić information content (AvgIpc) is 1.87. The molecule has 3 nitrogen and oxygen atoms in total. The van der Waals surface area contributed by atoms with Gasteiger partial charge in [0.1, 0.15) is 0 Å². The number of hydrogen-bond acceptors (Lipinski definition) is 2. The van der Waals surface area contributed by atoms with E-state index in [1.807, 2.05) is 0 Å². The van der Waals surface area contributed by atoms with Gasteiger partial charge in [-0.3, -0.25) is 9.78 Å². The average molecular weight is 196 g/mol. The summed E-state index contributed by atoms with van der Waals surface area (Å²) in [6.07, 6.45) is 1.62. The van der Waals surface area contributed by atoms with Gasteiger partial charge in [0.25, 0.3) is 5.97 Å². The molecule has 60 valence electrons. The molecule has 1 heterocycles. The Morgan fingerprint density at radius 2 is 2.25 bits per heavy atom. The van der Waals surface area contributed by atoms with Crippen LogP contribution in [0.1, 0.15) is 6.92 Å². The molecule has 0 fully saturated rings. The predicted octanol–water partition coefficient (Wildman–Crippen LogP) is -1.37. The van der Waals surface area contributed by atoms with Crippen molar-refractivity contribution >= 4 is 17.6 Å². The van der Waals surface area contributed by atoms with E-state index in [4.69, 9.17) is 21.5 Å². The van der Waals surface area contributed by atoms with Crippen LogP contribution in [0.4, 0.5) is 0 Å². The van der Waals surface area contributed by atoms with E-state index in [0.29, 0.717) is 5.15 Å². The predicted molar refractivity (Wildman–Crippen MR) is 41.4 cm³/mol. The summed E-state index contributed by atoms with van der Waals surface area (Å²) in [6, 6.07) is 6.17. The molecule has 0 aliphatic rings. The molecule has 0 saturated heterocycles. The zero-order valence-corrected chi connectivity index (χ0v) is 9.67. The molecule has 1 rings (SSSR count). The second-order valence-corrected chi connectivity index (χ2v) is 1.95. The van der Waals surface area contributed by atoms with E-state index in [1.165, 1.54) is 0 Å². The van der Waals surface area contributed by atoms with Gasteiger partial charge in [0, 0.05) is 12.1 Å². The summed E-state index contributed by atoms with van der Waals surface area (Å²) in [5.41, 5.74) is 0. The van der Waals surface area contributed by atoms with Crippen LogP contribution in [-0.4, -0.2) is 16.1 Å². The fourth-order valence-electron chi connectivity index (χ4n) is 0.306. The van der Waals surface area contributed by atoms with Crippen LogP contribution in [-0.2, 0) is 4.79 Å². The summed E-state index contributed by atoms with van der Waals surface area (Å²) in [5, 5.41) is 7.84. The molecule has 1 aromatic heterocycles. The van der Waals surface area contributed by atoms with Crippen LogP contribution in [0, 0.1) is 6.07 Å². The van der Waals surface area contributed by atoms with E-state index in [1.54, 1.807) is 18.3 Å². The molecule has 0 aliphatic heterocycles. The van der Waals surface area contributed by atoms with Crippen LogP contribution >= 0.6 is 11.6 Å². The van der Waals surface area contributed by atoms with Crippen LogP contribution in [0.25, 0.3) is 0 Å². The first-order chi connectivity index (χ1) is 5.13. The van der Waals surface area contributed by atoms with Crippen LogP contribution in [0.2, 0.25) is 5.15 Å². The molecule has 0 aliphatic carbocycles. The van der Waals surface area contributed by atoms with Crippen LogP contribution in [0.3, 0.4) is 0 Å². The van der Waals surface area contributed by atoms with Crippen molar-refractivity contribution in [2.75, 3.05) is 0 Å². The number of halogens is 1. The second-order valence-electron chi connectivity index (χ2n) is 1.59. The number of carbonyl (C=O) groups is 1. The number of aromatic nitrogens is 1. The zero-order chi connectivity index (χ0) is 8.69. The SMILES string of the molecule is CC(=O)O.Clc1[c-]cccn1.[Na+]. The maximum atomic E-state index is 9.00. The van der Waals surface area contributed by atoms with Gasteiger partial charge >= 0.3 is 29.6 Å². The summed E-state index contributed by atoms with van der Waals surface area (Å²) in [6.45, 7) is 1.08. The summed E-state index contributed by atoms with van der Waals surface area (Å²) in [4.78, 5) is 12.7. The van der Waals surface area contributed by atoms with Gasteiger partial charge in [-0.2, -0.15) is 6.07 Å². The number of rotatable bonds is 0. The van der Waals surface area contributed by atoms with Crippen LogP contribution < -0.4 is 29.6 Å². The summed E-state index contributed by atoms with van der Waals surface area (Å²) in [5.74, 6) is -0.833. The van der Waals surface area contributed by atoms with Crippen molar-refractivity contribution in [2.45, 2.75) is 6.92 Å². The van der Waals surface area contributed by atoms with Gasteiger partial charge in [0.15, 0.2) is 0 Å². The van der Waals surface area contributed by atoms with Gasteiger partial charge in [0.2, 0.25) is 0 Å². The molecule has 0 spiro atoms. The fourth-order valence-corrected chi connectivity index (χ4v) is 0.425. The van der Waals surface area contributed by atoms with Crippen molar-refractivity contribution in [1.29, 1.82) is 0 Å². The first-order valence-electron chi connectivity index (χ1n) is 2.80. The number of hydrogen-bond donors (Lipinski definition) is 1. The van der Waals surface area contributed by atoms with Gasteiger partial charge in [-0.15, -0.1) is 0 Å². The Morgan fingerprint density at radius 3 is 2.42 bits per heavy atom. The molecular formula is C7H7ClNNaO2. The monoisotopic (exact) mass is 195 g/mol. The first kappa shape index (κ1) is 14.4. The molecule has 0 radical (unpaired) electrons. The fraction of sp³-hybridized carbons (Fsp3) is 0.143. The van der Waals surface area contributed by atoms with E-state index in [9.17, 15) is 0 Å². The summed E-state index contributed by atoms with van der Waals surface area (Å²) in [7, 11) is 0. The second kappa shape index (κ2) is 9.00. The van der Waals surface area contributed by atoms with E-state index in [0.717, 1.165) is 6.92 Å². The first-order valence-corrected chi connectivity index (χ1v) is 3.18. The van der Waals surface area contributed by atoms with E-state index in [-0.39, 0.29) is 29.6 Å². The minimum absolute atomic E-state index is 0. The molecule has 1 aromatic rings. The largest absolute Gasteiger partial charge is 1.00 e. The van der Waals surface area contributed by atoms with E-state index >= 15 is 0 Å². The number of carboxylic acid groups (broad SMARTS) is 1. The number of nitrogens with zero attached hydrogens (tertiary/aromatic N) is 1. The van der Waals surface area contributed by atoms with Gasteiger partial charge in [0.05, 0.1) is 0 Å². The van der Waals surface area contributed by atoms with Crippen molar-refractivity contribution in [3.05, 3.63) is 29.5 Å². The van der Waals surface area contributed by atoms with Gasteiger partial charge < -0.3 is 5.11 Å². The maximum Gasteiger partial charge on any atom is 1.00 e. The Labute approximate surface area is 98.1 Å². The van der Waals surface area contributed by atoms with Gasteiger partial charge in [-0.25, -0.2) is 12.1 Å². The number of aliphatic carboxylic acids is 1. The molecule has 0 amide bonds. The van der Waals surface area contributed by atoms with Crippen molar-refractivity contribution in [3.63, 3.8) is 0 Å². The molecule has 12 heavy (non-hydrogen) atoms. The third-order valence-corrected chi connectivity index (χ3v) is 0.779. The molecule has 0 saturated carbocycles. The van der Waals surface area contributed by atoms with Gasteiger partial charge in [-0.1, -0.05) is 17.8 Å². The Bertz CT molecular complexity index is 214. The molecule has 0 aromatic carbocycles.